The first kappa shape index (κ1) is 10.1. The van der Waals surface area contributed by atoms with Crippen molar-refractivity contribution >= 4 is 47.3 Å². The summed E-state index contributed by atoms with van der Waals surface area (Å²) in [6, 6.07) is 3.23. The second kappa shape index (κ2) is 3.29. The number of aromatic nitrogens is 1. The van der Waals surface area contributed by atoms with E-state index in [2.05, 4.69) is 20.9 Å². The molecule has 74 valence electrons. The van der Waals surface area contributed by atoms with Crippen LogP contribution in [-0.4, -0.2) is 19.7 Å². The Morgan fingerprint density at radius 1 is 1.43 bits per heavy atom. The average Bonchev–Trinajstić information content (AvgIpc) is 2.50. The van der Waals surface area contributed by atoms with Gasteiger partial charge in [0.25, 0.3) is 0 Å². The van der Waals surface area contributed by atoms with Crippen molar-refractivity contribution in [3.05, 3.63) is 22.1 Å². The molecule has 6 heteroatoms. The van der Waals surface area contributed by atoms with Gasteiger partial charge in [-0.1, -0.05) is 0 Å². The highest BCUT2D eigenvalue weighted by Crippen LogP contribution is 2.29. The van der Waals surface area contributed by atoms with Crippen molar-refractivity contribution in [2.75, 3.05) is 6.26 Å². The first-order chi connectivity index (χ1) is 6.48. The molecular formula is C8H6BrNO2S2. The number of sulfone groups is 1. The van der Waals surface area contributed by atoms with E-state index in [0.29, 0.717) is 4.90 Å². The number of thiazole rings is 1. The molecule has 0 N–H and O–H groups in total. The molecule has 1 heterocycles. The molecule has 0 fully saturated rings. The summed E-state index contributed by atoms with van der Waals surface area (Å²) in [6.07, 6.45) is 1.20. The summed E-state index contributed by atoms with van der Waals surface area (Å²) >= 11 is 4.73. The summed E-state index contributed by atoms with van der Waals surface area (Å²) in [5.74, 6) is 0. The normalized spacial score (nSPS) is 12.1. The molecule has 14 heavy (non-hydrogen) atoms. The minimum Gasteiger partial charge on any atom is -0.243 e. The van der Waals surface area contributed by atoms with Gasteiger partial charge in [0.2, 0.25) is 0 Å². The van der Waals surface area contributed by atoms with Gasteiger partial charge >= 0.3 is 0 Å². The Morgan fingerprint density at radius 3 is 2.79 bits per heavy atom. The van der Waals surface area contributed by atoms with Gasteiger partial charge in [0.1, 0.15) is 0 Å². The van der Waals surface area contributed by atoms with Crippen molar-refractivity contribution in [1.82, 2.24) is 4.98 Å². The van der Waals surface area contributed by atoms with Crippen LogP contribution >= 0.6 is 27.3 Å². The molecule has 0 amide bonds. The van der Waals surface area contributed by atoms with Gasteiger partial charge in [-0.05, 0) is 28.1 Å². The number of fused-ring (bicyclic) bond motifs is 1. The standard InChI is InChI=1S/C8H6BrNO2S2/c1-14(11,12)5-2-6(9)8-7(3-5)13-4-10-8/h2-4H,1H3. The molecule has 0 spiro atoms. The Balaban J connectivity index is 2.83. The predicted octanol–water partition coefficient (Wildman–Crippen LogP) is 2.46. The molecule has 2 aromatic rings. The van der Waals surface area contributed by atoms with Crippen LogP contribution in [-0.2, 0) is 9.84 Å². The van der Waals surface area contributed by atoms with Crippen LogP contribution in [0.3, 0.4) is 0 Å². The fraction of sp³-hybridized carbons (Fsp3) is 0.125. The molecule has 0 radical (unpaired) electrons. The number of hydrogen-bond donors (Lipinski definition) is 0. The highest BCUT2D eigenvalue weighted by atomic mass is 79.9. The van der Waals surface area contributed by atoms with E-state index >= 15 is 0 Å². The van der Waals surface area contributed by atoms with Crippen molar-refractivity contribution in [2.45, 2.75) is 4.90 Å². The van der Waals surface area contributed by atoms with Crippen LogP contribution in [0.5, 0.6) is 0 Å². The monoisotopic (exact) mass is 291 g/mol. The number of rotatable bonds is 1. The molecule has 0 aliphatic carbocycles. The van der Waals surface area contributed by atoms with E-state index in [1.54, 1.807) is 17.6 Å². The summed E-state index contributed by atoms with van der Waals surface area (Å²) in [4.78, 5) is 4.44. The number of halogens is 1. The van der Waals surface area contributed by atoms with Gasteiger partial charge in [-0.3, -0.25) is 0 Å². The van der Waals surface area contributed by atoms with E-state index in [4.69, 9.17) is 0 Å². The van der Waals surface area contributed by atoms with Crippen molar-refractivity contribution in [3.63, 3.8) is 0 Å². The third-order valence-electron chi connectivity index (χ3n) is 1.79. The van der Waals surface area contributed by atoms with Crippen molar-refractivity contribution in [3.8, 4) is 0 Å². The van der Waals surface area contributed by atoms with Crippen molar-refractivity contribution in [2.24, 2.45) is 0 Å². The lowest BCUT2D eigenvalue weighted by Crippen LogP contribution is -1.96. The highest BCUT2D eigenvalue weighted by molar-refractivity contribution is 9.10. The minimum absolute atomic E-state index is 0.320. The quantitative estimate of drug-likeness (QED) is 0.811. The summed E-state index contributed by atoms with van der Waals surface area (Å²) in [7, 11) is -3.15. The second-order valence-electron chi connectivity index (χ2n) is 2.88. The number of hydrogen-bond acceptors (Lipinski definition) is 4. The molecule has 0 aliphatic rings. The summed E-state index contributed by atoms with van der Waals surface area (Å²) in [6.45, 7) is 0. The molecule has 2 rings (SSSR count). The Morgan fingerprint density at radius 2 is 2.14 bits per heavy atom. The maximum absolute atomic E-state index is 11.3. The van der Waals surface area contributed by atoms with Gasteiger partial charge in [-0.2, -0.15) is 0 Å². The molecule has 0 bridgehead atoms. The summed E-state index contributed by atoms with van der Waals surface area (Å²) in [5.41, 5.74) is 2.50. The summed E-state index contributed by atoms with van der Waals surface area (Å²) in [5, 5.41) is 0. The molecule has 0 aliphatic heterocycles. The molecule has 0 saturated carbocycles. The molecular weight excluding hydrogens is 286 g/mol. The Hall–Kier alpha value is -0.460. The van der Waals surface area contributed by atoms with Crippen LogP contribution in [0.2, 0.25) is 0 Å². The Kier molecular flexibility index (Phi) is 2.36. The molecule has 1 aromatic carbocycles. The molecule has 0 unspecified atom stereocenters. The zero-order valence-electron chi connectivity index (χ0n) is 7.19. The van der Waals surface area contributed by atoms with Crippen LogP contribution in [0, 0.1) is 0 Å². The van der Waals surface area contributed by atoms with Gasteiger partial charge in [0.15, 0.2) is 9.84 Å². The van der Waals surface area contributed by atoms with Crippen LogP contribution < -0.4 is 0 Å². The zero-order valence-corrected chi connectivity index (χ0v) is 10.4. The van der Waals surface area contributed by atoms with Gasteiger partial charge in [-0.15, -0.1) is 11.3 Å². The van der Waals surface area contributed by atoms with Crippen LogP contribution in [0.1, 0.15) is 0 Å². The van der Waals surface area contributed by atoms with Crippen LogP contribution in [0.4, 0.5) is 0 Å². The van der Waals surface area contributed by atoms with E-state index in [9.17, 15) is 8.42 Å². The lowest BCUT2D eigenvalue weighted by molar-refractivity contribution is 0.602. The maximum atomic E-state index is 11.3. The Bertz CT molecular complexity index is 588. The van der Waals surface area contributed by atoms with Crippen molar-refractivity contribution in [1.29, 1.82) is 0 Å². The largest absolute Gasteiger partial charge is 0.243 e. The molecule has 3 nitrogen and oxygen atoms in total. The smallest absolute Gasteiger partial charge is 0.175 e. The van der Waals surface area contributed by atoms with Gasteiger partial charge < -0.3 is 0 Å². The SMILES string of the molecule is CS(=O)(=O)c1cc(Br)c2ncsc2c1. The van der Waals surface area contributed by atoms with Crippen LogP contribution in [0.15, 0.2) is 27.0 Å². The van der Waals surface area contributed by atoms with Gasteiger partial charge in [0, 0.05) is 10.7 Å². The van der Waals surface area contributed by atoms with Crippen LogP contribution in [0.25, 0.3) is 10.2 Å². The van der Waals surface area contributed by atoms with E-state index in [0.717, 1.165) is 14.7 Å². The van der Waals surface area contributed by atoms with E-state index in [-0.39, 0.29) is 0 Å². The van der Waals surface area contributed by atoms with E-state index in [1.807, 2.05) is 0 Å². The maximum Gasteiger partial charge on any atom is 0.175 e. The van der Waals surface area contributed by atoms with Gasteiger partial charge in [0.05, 0.1) is 20.6 Å². The zero-order chi connectivity index (χ0) is 10.3. The minimum atomic E-state index is -3.15. The third-order valence-corrected chi connectivity index (χ3v) is 4.26. The van der Waals surface area contributed by atoms with Gasteiger partial charge in [-0.25, -0.2) is 13.4 Å². The van der Waals surface area contributed by atoms with E-state index < -0.39 is 9.84 Å². The molecule has 0 saturated heterocycles. The van der Waals surface area contributed by atoms with E-state index in [1.165, 1.54) is 17.6 Å². The molecule has 0 atom stereocenters. The lowest BCUT2D eigenvalue weighted by atomic mass is 10.3. The highest BCUT2D eigenvalue weighted by Gasteiger charge is 2.11. The fourth-order valence-corrected chi connectivity index (χ4v) is 3.44. The second-order valence-corrected chi connectivity index (χ2v) is 6.63. The fourth-order valence-electron chi connectivity index (χ4n) is 1.12. The topological polar surface area (TPSA) is 47.0 Å². The number of nitrogens with zero attached hydrogens (tertiary/aromatic N) is 1. The number of benzene rings is 1. The first-order valence-corrected chi connectivity index (χ1v) is 7.28. The lowest BCUT2D eigenvalue weighted by Gasteiger charge is -1.99. The van der Waals surface area contributed by atoms with Crippen molar-refractivity contribution < 1.29 is 8.42 Å². The Labute approximate surface area is 93.8 Å². The molecule has 1 aromatic heterocycles. The third kappa shape index (κ3) is 1.69. The predicted molar refractivity (Wildman–Crippen MR) is 60.4 cm³/mol. The first-order valence-electron chi connectivity index (χ1n) is 3.71. The average molecular weight is 292 g/mol. The summed E-state index contributed by atoms with van der Waals surface area (Å²) < 4.78 is 24.2.